The van der Waals surface area contributed by atoms with E-state index in [1.165, 1.54) is 66.1 Å². The van der Waals surface area contributed by atoms with Gasteiger partial charge in [-0.15, -0.1) is 0 Å². The molecular weight excluding hydrogens is 348 g/mol. The molecule has 1 aliphatic rings. The minimum Gasteiger partial charge on any atom is -0.0619 e. The Labute approximate surface area is 171 Å². The van der Waals surface area contributed by atoms with Crippen molar-refractivity contribution in [2.45, 2.75) is 20.3 Å². The zero-order valence-corrected chi connectivity index (χ0v) is 16.8. The van der Waals surface area contributed by atoms with Crippen molar-refractivity contribution in [1.29, 1.82) is 0 Å². The van der Waals surface area contributed by atoms with E-state index in [2.05, 4.69) is 98.8 Å². The Morgan fingerprint density at radius 1 is 0.586 bits per heavy atom. The molecule has 0 heteroatoms. The lowest BCUT2D eigenvalue weighted by atomic mass is 9.86. The van der Waals surface area contributed by atoms with Crippen LogP contribution in [0.4, 0.5) is 0 Å². The van der Waals surface area contributed by atoms with Gasteiger partial charge in [-0.05, 0) is 98.5 Å². The summed E-state index contributed by atoms with van der Waals surface area (Å²) >= 11 is 0. The van der Waals surface area contributed by atoms with Gasteiger partial charge < -0.3 is 0 Å². The van der Waals surface area contributed by atoms with Crippen LogP contribution >= 0.6 is 0 Å². The van der Waals surface area contributed by atoms with E-state index < -0.39 is 0 Å². The molecule has 138 valence electrons. The Kier molecular flexibility index (Phi) is 3.46. The van der Waals surface area contributed by atoms with Gasteiger partial charge in [0.2, 0.25) is 0 Å². The highest BCUT2D eigenvalue weighted by Gasteiger charge is 2.24. The van der Waals surface area contributed by atoms with Gasteiger partial charge in [-0.25, -0.2) is 0 Å². The second-order valence-corrected chi connectivity index (χ2v) is 8.28. The number of rotatable bonds is 1. The van der Waals surface area contributed by atoms with Crippen LogP contribution in [0.1, 0.15) is 22.3 Å². The Balaban J connectivity index is 1.71. The molecule has 0 fully saturated rings. The molecule has 5 aromatic carbocycles. The molecule has 0 amide bonds. The van der Waals surface area contributed by atoms with Crippen molar-refractivity contribution < 1.29 is 0 Å². The summed E-state index contributed by atoms with van der Waals surface area (Å²) < 4.78 is 0. The monoisotopic (exact) mass is 370 g/mol. The number of fused-ring (bicyclic) bond motifs is 5. The molecule has 0 saturated carbocycles. The highest BCUT2D eigenvalue weighted by molar-refractivity contribution is 6.06. The van der Waals surface area contributed by atoms with Crippen molar-refractivity contribution >= 4 is 21.5 Å². The molecule has 0 spiro atoms. The lowest BCUT2D eigenvalue weighted by molar-refractivity contribution is 1.23. The molecule has 0 saturated heterocycles. The summed E-state index contributed by atoms with van der Waals surface area (Å²) in [7, 11) is 0. The average Bonchev–Trinajstić information content (AvgIpc) is 3.11. The lowest BCUT2D eigenvalue weighted by Crippen LogP contribution is -1.96. The van der Waals surface area contributed by atoms with Crippen LogP contribution in [-0.4, -0.2) is 0 Å². The molecule has 0 nitrogen and oxygen atoms in total. The van der Waals surface area contributed by atoms with Crippen LogP contribution in [0.2, 0.25) is 0 Å². The van der Waals surface area contributed by atoms with Crippen LogP contribution in [0, 0.1) is 13.8 Å². The Bertz CT molecular complexity index is 1440. The molecule has 0 heterocycles. The summed E-state index contributed by atoms with van der Waals surface area (Å²) in [6.45, 7) is 4.54. The van der Waals surface area contributed by atoms with Crippen molar-refractivity contribution in [1.82, 2.24) is 0 Å². The molecule has 29 heavy (non-hydrogen) atoms. The van der Waals surface area contributed by atoms with Gasteiger partial charge in [0, 0.05) is 0 Å². The third-order valence-electron chi connectivity index (χ3n) is 6.65. The smallest absolute Gasteiger partial charge is 0.000718 e. The second-order valence-electron chi connectivity index (χ2n) is 8.28. The van der Waals surface area contributed by atoms with E-state index in [0.717, 1.165) is 6.42 Å². The molecule has 0 radical (unpaired) electrons. The van der Waals surface area contributed by atoms with Crippen LogP contribution < -0.4 is 0 Å². The summed E-state index contributed by atoms with van der Waals surface area (Å²) in [6, 6.07) is 31.4. The van der Waals surface area contributed by atoms with Gasteiger partial charge in [0.25, 0.3) is 0 Å². The molecule has 6 rings (SSSR count). The molecule has 0 bridgehead atoms. The SMILES string of the molecule is Cc1cc2c(c(-c3cccc4cc5ccccc5cc34)c1C)Cc1ccccc1-2. The van der Waals surface area contributed by atoms with Gasteiger partial charge in [-0.1, -0.05) is 72.8 Å². The van der Waals surface area contributed by atoms with Crippen molar-refractivity contribution in [3.8, 4) is 22.3 Å². The zero-order chi connectivity index (χ0) is 19.5. The molecule has 0 aromatic heterocycles. The largest absolute Gasteiger partial charge is 0.0619 e. The van der Waals surface area contributed by atoms with Gasteiger partial charge in [0.15, 0.2) is 0 Å². The van der Waals surface area contributed by atoms with Crippen molar-refractivity contribution in [3.63, 3.8) is 0 Å². The van der Waals surface area contributed by atoms with E-state index in [9.17, 15) is 0 Å². The number of hydrogen-bond acceptors (Lipinski definition) is 0. The average molecular weight is 370 g/mol. The molecule has 0 aliphatic heterocycles. The maximum Gasteiger partial charge on any atom is -0.000718 e. The minimum absolute atomic E-state index is 1.02. The Morgan fingerprint density at radius 2 is 1.28 bits per heavy atom. The van der Waals surface area contributed by atoms with E-state index in [4.69, 9.17) is 0 Å². The maximum atomic E-state index is 2.39. The van der Waals surface area contributed by atoms with Crippen LogP contribution in [0.15, 0.2) is 84.9 Å². The Hall–Kier alpha value is -3.38. The van der Waals surface area contributed by atoms with Gasteiger partial charge in [-0.2, -0.15) is 0 Å². The summed E-state index contributed by atoms with van der Waals surface area (Å²) in [6.07, 6.45) is 1.02. The number of aryl methyl sites for hydroxylation is 1. The third kappa shape index (κ3) is 2.39. The zero-order valence-electron chi connectivity index (χ0n) is 16.8. The van der Waals surface area contributed by atoms with Gasteiger partial charge in [-0.3, -0.25) is 0 Å². The summed E-state index contributed by atoms with van der Waals surface area (Å²) in [5, 5.41) is 5.26. The molecule has 1 aliphatic carbocycles. The van der Waals surface area contributed by atoms with Crippen LogP contribution in [0.25, 0.3) is 43.8 Å². The van der Waals surface area contributed by atoms with Gasteiger partial charge >= 0.3 is 0 Å². The van der Waals surface area contributed by atoms with Crippen molar-refractivity contribution in [2.75, 3.05) is 0 Å². The summed E-state index contributed by atoms with van der Waals surface area (Å²) in [4.78, 5) is 0. The first-order chi connectivity index (χ1) is 14.2. The maximum absolute atomic E-state index is 2.39. The summed E-state index contributed by atoms with van der Waals surface area (Å²) in [5.41, 5.74) is 11.3. The number of benzene rings is 5. The van der Waals surface area contributed by atoms with Crippen molar-refractivity contribution in [3.05, 3.63) is 107 Å². The fourth-order valence-electron chi connectivity index (χ4n) is 5.07. The first kappa shape index (κ1) is 16.6. The predicted molar refractivity (Wildman–Crippen MR) is 125 cm³/mol. The van der Waals surface area contributed by atoms with Crippen molar-refractivity contribution in [2.24, 2.45) is 0 Å². The fraction of sp³-hybridized carbons (Fsp3) is 0.103. The standard InChI is InChI=1S/C29H22/c1-18-14-27-24-12-6-5-10-23(24)17-28(27)29(19(18)2)25-13-7-11-22-15-20-8-3-4-9-21(20)16-26(22)25/h3-16H,17H2,1-2H3. The van der Waals surface area contributed by atoms with Crippen LogP contribution in [-0.2, 0) is 6.42 Å². The second kappa shape index (κ2) is 6.06. The van der Waals surface area contributed by atoms with E-state index in [-0.39, 0.29) is 0 Å². The summed E-state index contributed by atoms with van der Waals surface area (Å²) in [5.74, 6) is 0. The number of hydrogen-bond donors (Lipinski definition) is 0. The fourth-order valence-corrected chi connectivity index (χ4v) is 5.07. The third-order valence-corrected chi connectivity index (χ3v) is 6.65. The normalized spacial score (nSPS) is 12.3. The quantitative estimate of drug-likeness (QED) is 0.259. The van der Waals surface area contributed by atoms with E-state index in [0.29, 0.717) is 0 Å². The van der Waals surface area contributed by atoms with Crippen LogP contribution in [0.3, 0.4) is 0 Å². The Morgan fingerprint density at radius 3 is 2.14 bits per heavy atom. The lowest BCUT2D eigenvalue weighted by Gasteiger charge is -2.18. The minimum atomic E-state index is 1.02. The molecule has 5 aromatic rings. The first-order valence-corrected chi connectivity index (χ1v) is 10.3. The van der Waals surface area contributed by atoms with Gasteiger partial charge in [0.05, 0.1) is 0 Å². The molecule has 0 atom stereocenters. The predicted octanol–water partition coefficient (Wildman–Crippen LogP) is 7.85. The van der Waals surface area contributed by atoms with Crippen LogP contribution in [0.5, 0.6) is 0 Å². The molecule has 0 unspecified atom stereocenters. The topological polar surface area (TPSA) is 0 Å². The van der Waals surface area contributed by atoms with E-state index in [1.807, 2.05) is 0 Å². The highest BCUT2D eigenvalue weighted by Crippen LogP contribution is 2.45. The van der Waals surface area contributed by atoms with Gasteiger partial charge in [0.1, 0.15) is 0 Å². The molecule has 0 N–H and O–H groups in total. The highest BCUT2D eigenvalue weighted by atomic mass is 14.3. The molecular formula is C29H22. The van der Waals surface area contributed by atoms with E-state index >= 15 is 0 Å². The first-order valence-electron chi connectivity index (χ1n) is 10.3. The van der Waals surface area contributed by atoms with E-state index in [1.54, 1.807) is 0 Å².